The van der Waals surface area contributed by atoms with Crippen LogP contribution in [0.25, 0.3) is 22.6 Å². The van der Waals surface area contributed by atoms with Crippen molar-refractivity contribution >= 4 is 40.0 Å². The van der Waals surface area contributed by atoms with Crippen LogP contribution in [0.15, 0.2) is 65.1 Å². The highest BCUT2D eigenvalue weighted by atomic mass is 32.1. The van der Waals surface area contributed by atoms with Crippen LogP contribution in [0, 0.1) is 6.92 Å². The molecule has 0 aliphatic rings. The van der Waals surface area contributed by atoms with Crippen molar-refractivity contribution < 1.29 is 14.3 Å². The number of anilines is 1. The Labute approximate surface area is 184 Å². The Kier molecular flexibility index (Phi) is 5.68. The molecule has 0 unspecified atom stereocenters. The van der Waals surface area contributed by atoms with E-state index in [4.69, 9.17) is 16.6 Å². The number of nitrogens with zero attached hydrogens (tertiary/aromatic N) is 1. The summed E-state index contributed by atoms with van der Waals surface area (Å²) < 4.78 is 5.82. The summed E-state index contributed by atoms with van der Waals surface area (Å²) >= 11 is 5.27. The Bertz CT molecular complexity index is 1280. The quantitative estimate of drug-likeness (QED) is 0.304. The second-order valence-corrected chi connectivity index (χ2v) is 7.59. The van der Waals surface area contributed by atoms with Crippen LogP contribution in [0.4, 0.5) is 5.69 Å². The lowest BCUT2D eigenvalue weighted by molar-refractivity contribution is 0.0977. The topological polar surface area (TPSA) is 87.4 Å². The molecular formula is C24H21N3O3S. The first-order valence-electron chi connectivity index (χ1n) is 9.85. The number of amides is 1. The van der Waals surface area contributed by atoms with Crippen LogP contribution in [0.3, 0.4) is 0 Å². The first kappa shape index (κ1) is 20.6. The molecule has 156 valence electrons. The van der Waals surface area contributed by atoms with Crippen molar-refractivity contribution in [3.8, 4) is 17.2 Å². The molecule has 0 aliphatic carbocycles. The van der Waals surface area contributed by atoms with Gasteiger partial charge in [0.2, 0.25) is 5.89 Å². The van der Waals surface area contributed by atoms with Crippen LogP contribution in [0.5, 0.6) is 5.75 Å². The highest BCUT2D eigenvalue weighted by Gasteiger charge is 2.14. The Morgan fingerprint density at radius 3 is 2.61 bits per heavy atom. The molecule has 6 nitrogen and oxygen atoms in total. The van der Waals surface area contributed by atoms with Gasteiger partial charge >= 0.3 is 0 Å². The number of benzene rings is 3. The summed E-state index contributed by atoms with van der Waals surface area (Å²) in [7, 11) is 0. The Balaban J connectivity index is 1.53. The van der Waals surface area contributed by atoms with E-state index in [9.17, 15) is 9.90 Å². The fraction of sp³-hybridized carbons (Fsp3) is 0.125. The number of aryl methyl sites for hydroxylation is 2. The molecule has 4 rings (SSSR count). The molecule has 31 heavy (non-hydrogen) atoms. The molecule has 3 aromatic carbocycles. The minimum atomic E-state index is -0.304. The van der Waals surface area contributed by atoms with Gasteiger partial charge in [-0.3, -0.25) is 10.1 Å². The highest BCUT2D eigenvalue weighted by molar-refractivity contribution is 7.80. The van der Waals surface area contributed by atoms with E-state index in [1.165, 1.54) is 6.07 Å². The van der Waals surface area contributed by atoms with Crippen LogP contribution in [-0.4, -0.2) is 21.1 Å². The summed E-state index contributed by atoms with van der Waals surface area (Å²) in [5.74, 6) is 0.0311. The number of nitrogens with one attached hydrogen (secondary N) is 2. The second-order valence-electron chi connectivity index (χ2n) is 7.18. The summed E-state index contributed by atoms with van der Waals surface area (Å²) in [4.78, 5) is 16.9. The lowest BCUT2D eigenvalue weighted by Crippen LogP contribution is -2.34. The van der Waals surface area contributed by atoms with E-state index in [0.29, 0.717) is 28.3 Å². The largest absolute Gasteiger partial charge is 0.507 e. The van der Waals surface area contributed by atoms with Crippen molar-refractivity contribution in [3.05, 3.63) is 77.4 Å². The molecule has 0 saturated heterocycles. The number of phenols is 1. The fourth-order valence-corrected chi connectivity index (χ4v) is 3.35. The minimum absolute atomic E-state index is 0.0300. The summed E-state index contributed by atoms with van der Waals surface area (Å²) in [5.41, 5.74) is 5.11. The predicted octanol–water partition coefficient (Wildman–Crippen LogP) is 5.20. The number of aromatic hydroxyl groups is 1. The number of fused-ring (bicyclic) bond motifs is 1. The van der Waals surface area contributed by atoms with Gasteiger partial charge in [0.15, 0.2) is 10.7 Å². The van der Waals surface area contributed by atoms with Gasteiger partial charge in [0, 0.05) is 11.3 Å². The number of rotatable bonds is 4. The van der Waals surface area contributed by atoms with E-state index in [1.807, 2.05) is 37.3 Å². The molecule has 1 heterocycles. The van der Waals surface area contributed by atoms with Gasteiger partial charge in [-0.2, -0.15) is 0 Å². The zero-order chi connectivity index (χ0) is 22.0. The van der Waals surface area contributed by atoms with E-state index >= 15 is 0 Å². The average Bonchev–Trinajstić information content (AvgIpc) is 3.18. The van der Waals surface area contributed by atoms with E-state index in [-0.39, 0.29) is 16.8 Å². The lowest BCUT2D eigenvalue weighted by atomic mass is 10.1. The van der Waals surface area contributed by atoms with Crippen LogP contribution >= 0.6 is 12.2 Å². The third-order valence-corrected chi connectivity index (χ3v) is 5.09. The molecule has 0 atom stereocenters. The second kappa shape index (κ2) is 8.57. The summed E-state index contributed by atoms with van der Waals surface area (Å²) in [6.45, 7) is 4.03. The molecule has 0 bridgehead atoms. The predicted molar refractivity (Wildman–Crippen MR) is 125 cm³/mol. The minimum Gasteiger partial charge on any atom is -0.507 e. The summed E-state index contributed by atoms with van der Waals surface area (Å²) in [6.07, 6.45) is 0.897. The van der Waals surface area contributed by atoms with Gasteiger partial charge in [-0.15, -0.1) is 0 Å². The lowest BCUT2D eigenvalue weighted by Gasteiger charge is -2.11. The van der Waals surface area contributed by atoms with Crippen molar-refractivity contribution in [2.45, 2.75) is 20.3 Å². The Hall–Kier alpha value is -3.71. The van der Waals surface area contributed by atoms with Crippen molar-refractivity contribution in [2.75, 3.05) is 5.32 Å². The summed E-state index contributed by atoms with van der Waals surface area (Å²) in [6, 6.07) is 17.9. The Morgan fingerprint density at radius 2 is 1.87 bits per heavy atom. The van der Waals surface area contributed by atoms with E-state index in [1.54, 1.807) is 24.3 Å². The van der Waals surface area contributed by atoms with Crippen molar-refractivity contribution in [1.29, 1.82) is 0 Å². The number of phenolic OH excluding ortho intramolecular Hbond substituents is 1. The van der Waals surface area contributed by atoms with E-state index < -0.39 is 0 Å². The SMILES string of the molecule is CCc1ccc2oc(-c3cc(NC(=S)NC(=O)c4ccc(C)cc4)ccc3O)nc2c1. The number of carbonyl (C=O) groups is 1. The normalized spacial score (nSPS) is 10.8. The van der Waals surface area contributed by atoms with Gasteiger partial charge in [-0.05, 0) is 73.6 Å². The monoisotopic (exact) mass is 431 g/mol. The van der Waals surface area contributed by atoms with Gasteiger partial charge in [-0.1, -0.05) is 30.7 Å². The molecule has 1 amide bonds. The maximum atomic E-state index is 12.3. The van der Waals surface area contributed by atoms with Gasteiger partial charge in [0.1, 0.15) is 11.3 Å². The highest BCUT2D eigenvalue weighted by Crippen LogP contribution is 2.33. The first-order chi connectivity index (χ1) is 14.9. The van der Waals surface area contributed by atoms with Crippen LogP contribution < -0.4 is 10.6 Å². The van der Waals surface area contributed by atoms with Crippen LogP contribution in [-0.2, 0) is 6.42 Å². The van der Waals surface area contributed by atoms with Gasteiger partial charge in [0.25, 0.3) is 5.91 Å². The zero-order valence-corrected chi connectivity index (χ0v) is 17.9. The van der Waals surface area contributed by atoms with Crippen molar-refractivity contribution in [2.24, 2.45) is 0 Å². The number of carbonyl (C=O) groups excluding carboxylic acids is 1. The van der Waals surface area contributed by atoms with Gasteiger partial charge < -0.3 is 14.8 Å². The van der Waals surface area contributed by atoms with Crippen molar-refractivity contribution in [1.82, 2.24) is 10.3 Å². The van der Waals surface area contributed by atoms with Gasteiger partial charge in [-0.25, -0.2) is 4.98 Å². The van der Waals surface area contributed by atoms with E-state index in [0.717, 1.165) is 23.1 Å². The molecule has 0 spiro atoms. The molecule has 4 aromatic rings. The fourth-order valence-electron chi connectivity index (χ4n) is 3.14. The molecule has 0 radical (unpaired) electrons. The van der Waals surface area contributed by atoms with E-state index in [2.05, 4.69) is 22.5 Å². The molecular weight excluding hydrogens is 410 g/mol. The number of thiocarbonyl (C=S) groups is 1. The number of hydrogen-bond donors (Lipinski definition) is 3. The first-order valence-corrected chi connectivity index (χ1v) is 10.3. The van der Waals surface area contributed by atoms with Crippen LogP contribution in [0.1, 0.15) is 28.4 Å². The Morgan fingerprint density at radius 1 is 1.10 bits per heavy atom. The molecule has 7 heteroatoms. The molecule has 3 N–H and O–H groups in total. The smallest absolute Gasteiger partial charge is 0.257 e. The average molecular weight is 432 g/mol. The molecule has 0 fully saturated rings. The molecule has 1 aromatic heterocycles. The summed E-state index contributed by atoms with van der Waals surface area (Å²) in [5, 5.41) is 16.1. The maximum absolute atomic E-state index is 12.3. The number of oxazole rings is 1. The third-order valence-electron chi connectivity index (χ3n) is 4.89. The van der Waals surface area contributed by atoms with Crippen molar-refractivity contribution in [3.63, 3.8) is 0 Å². The third kappa shape index (κ3) is 4.57. The number of hydrogen-bond acceptors (Lipinski definition) is 5. The molecule has 0 saturated carbocycles. The zero-order valence-electron chi connectivity index (χ0n) is 17.1. The van der Waals surface area contributed by atoms with Gasteiger partial charge in [0.05, 0.1) is 5.56 Å². The van der Waals surface area contributed by atoms with Crippen LogP contribution in [0.2, 0.25) is 0 Å². The molecule has 0 aliphatic heterocycles. The maximum Gasteiger partial charge on any atom is 0.257 e. The standard InChI is InChI=1S/C24H21N3O3S/c1-3-15-6-11-21-19(12-15)26-23(30-21)18-13-17(9-10-20(18)28)25-24(31)27-22(29)16-7-4-14(2)5-8-16/h4-13,28H,3H2,1-2H3,(H2,25,27,29,31). The number of aromatic nitrogens is 1.